The zero-order valence-corrected chi connectivity index (χ0v) is 16.1. The van der Waals surface area contributed by atoms with Gasteiger partial charge in [0.05, 0.1) is 5.69 Å². The number of nitriles is 1. The Bertz CT molecular complexity index is 936. The molecule has 0 saturated carbocycles. The van der Waals surface area contributed by atoms with Gasteiger partial charge in [-0.25, -0.2) is 4.98 Å². The number of thiazole rings is 1. The summed E-state index contributed by atoms with van der Waals surface area (Å²) in [6, 6.07) is 18.4. The quantitative estimate of drug-likeness (QED) is 0.516. The lowest BCUT2D eigenvalue weighted by molar-refractivity contribution is 1.14. The third kappa shape index (κ3) is 4.36. The van der Waals surface area contributed by atoms with Gasteiger partial charge in [0.25, 0.3) is 0 Å². The first-order valence-corrected chi connectivity index (χ1v) is 9.54. The van der Waals surface area contributed by atoms with Crippen molar-refractivity contribution in [2.75, 3.05) is 5.32 Å². The average Bonchev–Trinajstić information content (AvgIpc) is 3.13. The highest BCUT2D eigenvalue weighted by atomic mass is 79.9. The highest BCUT2D eigenvalue weighted by Crippen LogP contribution is 2.27. The molecule has 0 bridgehead atoms. The number of benzene rings is 2. The van der Waals surface area contributed by atoms with Crippen molar-refractivity contribution in [3.63, 3.8) is 0 Å². The van der Waals surface area contributed by atoms with Gasteiger partial charge in [0.2, 0.25) is 0 Å². The minimum Gasteiger partial charge on any atom is -0.360 e. The molecule has 5 heteroatoms. The van der Waals surface area contributed by atoms with Crippen LogP contribution in [0.1, 0.15) is 17.5 Å². The normalized spacial score (nSPS) is 11.2. The molecule has 0 aliphatic carbocycles. The van der Waals surface area contributed by atoms with E-state index in [0.29, 0.717) is 10.6 Å². The molecule has 0 spiro atoms. The molecule has 3 nitrogen and oxygen atoms in total. The molecule has 0 radical (unpaired) electrons. The summed E-state index contributed by atoms with van der Waals surface area (Å²) in [5, 5.41) is 15.3. The first kappa shape index (κ1) is 17.4. The van der Waals surface area contributed by atoms with Gasteiger partial charge in [0, 0.05) is 27.3 Å². The fourth-order valence-electron chi connectivity index (χ4n) is 2.31. The van der Waals surface area contributed by atoms with E-state index >= 15 is 0 Å². The van der Waals surface area contributed by atoms with Crippen LogP contribution in [-0.2, 0) is 6.42 Å². The number of anilines is 1. The van der Waals surface area contributed by atoms with Gasteiger partial charge in [-0.3, -0.25) is 0 Å². The number of rotatable bonds is 5. The topological polar surface area (TPSA) is 48.7 Å². The average molecular weight is 410 g/mol. The first-order valence-electron chi connectivity index (χ1n) is 7.87. The standard InChI is InChI=1S/C20H16BrN3S/c1-2-14-6-8-18(9-7-14)23-12-16(11-22)20-24-19(13-25-20)15-4-3-5-17(21)10-15/h3-10,12-13,23H,2H2,1H3/b16-12-. The molecular formula is C20H16BrN3S. The van der Waals surface area contributed by atoms with Crippen molar-refractivity contribution >= 4 is 38.5 Å². The van der Waals surface area contributed by atoms with Gasteiger partial charge in [-0.1, -0.05) is 47.1 Å². The Hall–Kier alpha value is -2.42. The lowest BCUT2D eigenvalue weighted by atomic mass is 10.1. The smallest absolute Gasteiger partial charge is 0.136 e. The largest absolute Gasteiger partial charge is 0.360 e. The number of nitrogens with zero attached hydrogens (tertiary/aromatic N) is 2. The van der Waals surface area contributed by atoms with Crippen LogP contribution in [-0.4, -0.2) is 4.98 Å². The van der Waals surface area contributed by atoms with E-state index < -0.39 is 0 Å². The van der Waals surface area contributed by atoms with E-state index in [-0.39, 0.29) is 0 Å². The van der Waals surface area contributed by atoms with Crippen LogP contribution in [0.25, 0.3) is 16.8 Å². The second-order valence-electron chi connectivity index (χ2n) is 5.41. The minimum atomic E-state index is 0.519. The van der Waals surface area contributed by atoms with Crippen molar-refractivity contribution in [2.24, 2.45) is 0 Å². The van der Waals surface area contributed by atoms with E-state index in [1.807, 2.05) is 41.8 Å². The van der Waals surface area contributed by atoms with Crippen molar-refractivity contribution in [3.8, 4) is 17.3 Å². The highest BCUT2D eigenvalue weighted by molar-refractivity contribution is 9.10. The van der Waals surface area contributed by atoms with Gasteiger partial charge in [-0.2, -0.15) is 5.26 Å². The van der Waals surface area contributed by atoms with Gasteiger partial charge in [-0.05, 0) is 36.2 Å². The monoisotopic (exact) mass is 409 g/mol. The third-order valence-electron chi connectivity index (χ3n) is 3.72. The summed E-state index contributed by atoms with van der Waals surface area (Å²) in [6.45, 7) is 2.13. The fraction of sp³-hybridized carbons (Fsp3) is 0.100. The van der Waals surface area contributed by atoms with Crippen LogP contribution in [0.15, 0.2) is 64.6 Å². The van der Waals surface area contributed by atoms with Crippen molar-refractivity contribution < 1.29 is 0 Å². The molecule has 1 N–H and O–H groups in total. The number of allylic oxidation sites excluding steroid dienone is 1. The van der Waals surface area contributed by atoms with E-state index in [2.05, 4.69) is 51.4 Å². The van der Waals surface area contributed by atoms with E-state index in [1.165, 1.54) is 16.9 Å². The van der Waals surface area contributed by atoms with Crippen LogP contribution in [0.2, 0.25) is 0 Å². The van der Waals surface area contributed by atoms with Crippen molar-refractivity contribution in [2.45, 2.75) is 13.3 Å². The molecule has 1 aromatic heterocycles. The minimum absolute atomic E-state index is 0.519. The maximum absolute atomic E-state index is 9.46. The lowest BCUT2D eigenvalue weighted by Gasteiger charge is -2.03. The number of hydrogen-bond acceptors (Lipinski definition) is 4. The van der Waals surface area contributed by atoms with Crippen LogP contribution < -0.4 is 5.32 Å². The van der Waals surface area contributed by atoms with E-state index in [0.717, 1.165) is 27.8 Å². The number of aromatic nitrogens is 1. The van der Waals surface area contributed by atoms with Gasteiger partial charge < -0.3 is 5.32 Å². The second kappa shape index (κ2) is 8.11. The van der Waals surface area contributed by atoms with E-state index in [4.69, 9.17) is 0 Å². The Morgan fingerprint density at radius 2 is 2.08 bits per heavy atom. The molecule has 0 atom stereocenters. The molecule has 0 fully saturated rings. The summed E-state index contributed by atoms with van der Waals surface area (Å²) < 4.78 is 1.01. The predicted octanol–water partition coefficient (Wildman–Crippen LogP) is 6.11. The van der Waals surface area contributed by atoms with Gasteiger partial charge in [-0.15, -0.1) is 11.3 Å². The first-order chi connectivity index (χ1) is 12.2. The highest BCUT2D eigenvalue weighted by Gasteiger charge is 2.09. The zero-order chi connectivity index (χ0) is 17.6. The Morgan fingerprint density at radius 3 is 2.76 bits per heavy atom. The molecule has 3 aromatic rings. The molecule has 25 heavy (non-hydrogen) atoms. The Balaban J connectivity index is 1.80. The van der Waals surface area contributed by atoms with E-state index in [1.54, 1.807) is 6.20 Å². The van der Waals surface area contributed by atoms with Crippen LogP contribution in [0, 0.1) is 11.3 Å². The lowest BCUT2D eigenvalue weighted by Crippen LogP contribution is -1.91. The third-order valence-corrected chi connectivity index (χ3v) is 5.09. The number of hydrogen-bond donors (Lipinski definition) is 1. The van der Waals surface area contributed by atoms with Gasteiger partial charge in [0.1, 0.15) is 16.6 Å². The van der Waals surface area contributed by atoms with Gasteiger partial charge >= 0.3 is 0 Å². The fourth-order valence-corrected chi connectivity index (χ4v) is 3.51. The summed E-state index contributed by atoms with van der Waals surface area (Å²) in [5.41, 5.74) is 4.65. The molecule has 124 valence electrons. The van der Waals surface area contributed by atoms with Crippen LogP contribution in [0.4, 0.5) is 5.69 Å². The molecular weight excluding hydrogens is 394 g/mol. The summed E-state index contributed by atoms with van der Waals surface area (Å²) in [7, 11) is 0. The van der Waals surface area contributed by atoms with Crippen LogP contribution in [0.5, 0.6) is 0 Å². The van der Waals surface area contributed by atoms with Crippen molar-refractivity contribution in [3.05, 3.63) is 75.2 Å². The number of halogens is 1. The number of aryl methyl sites for hydroxylation is 1. The van der Waals surface area contributed by atoms with Crippen molar-refractivity contribution in [1.82, 2.24) is 4.98 Å². The summed E-state index contributed by atoms with van der Waals surface area (Å²) >= 11 is 4.94. The molecule has 0 unspecified atom stereocenters. The molecule has 0 amide bonds. The summed E-state index contributed by atoms with van der Waals surface area (Å²) in [4.78, 5) is 4.60. The summed E-state index contributed by atoms with van der Waals surface area (Å²) in [6.07, 6.45) is 2.72. The summed E-state index contributed by atoms with van der Waals surface area (Å²) in [5.74, 6) is 0. The zero-order valence-electron chi connectivity index (χ0n) is 13.7. The van der Waals surface area contributed by atoms with Crippen LogP contribution >= 0.6 is 27.3 Å². The predicted molar refractivity (Wildman–Crippen MR) is 108 cm³/mol. The SMILES string of the molecule is CCc1ccc(N/C=C(/C#N)c2nc(-c3cccc(Br)c3)cs2)cc1. The molecule has 0 aliphatic heterocycles. The Kier molecular flexibility index (Phi) is 5.64. The maximum Gasteiger partial charge on any atom is 0.136 e. The second-order valence-corrected chi connectivity index (χ2v) is 7.19. The van der Waals surface area contributed by atoms with Crippen molar-refractivity contribution in [1.29, 1.82) is 5.26 Å². The van der Waals surface area contributed by atoms with Crippen LogP contribution in [0.3, 0.4) is 0 Å². The molecule has 3 rings (SSSR count). The molecule has 2 aromatic carbocycles. The molecule has 1 heterocycles. The number of nitrogens with one attached hydrogen (secondary N) is 1. The van der Waals surface area contributed by atoms with Gasteiger partial charge in [0.15, 0.2) is 0 Å². The molecule has 0 saturated heterocycles. The van der Waals surface area contributed by atoms with E-state index in [9.17, 15) is 5.26 Å². The Labute approximate surface area is 159 Å². The Morgan fingerprint density at radius 1 is 1.28 bits per heavy atom. The maximum atomic E-state index is 9.46. The molecule has 0 aliphatic rings.